The zero-order valence-corrected chi connectivity index (χ0v) is 17.0. The molecule has 7 heteroatoms. The number of unbranched alkanes of at least 4 members (excludes halogenated alkanes) is 1. The van der Waals surface area contributed by atoms with E-state index < -0.39 is 6.09 Å². The van der Waals surface area contributed by atoms with E-state index in [2.05, 4.69) is 11.2 Å². The summed E-state index contributed by atoms with van der Waals surface area (Å²) in [5.41, 5.74) is 1.88. The van der Waals surface area contributed by atoms with Crippen LogP contribution in [0.5, 0.6) is 5.75 Å². The van der Waals surface area contributed by atoms with Gasteiger partial charge >= 0.3 is 6.09 Å². The van der Waals surface area contributed by atoms with Crippen molar-refractivity contribution in [2.45, 2.75) is 32.6 Å². The Labute approximate surface area is 176 Å². The SMILES string of the molecule is C#C/C=C(\C=C/C)CCN(CCCCC(=O)c1ccc2c(c1)NC(=O)CO2)C(=O)O. The molecule has 2 rings (SSSR count). The molecule has 0 fully saturated rings. The Kier molecular flexibility index (Phi) is 8.70. The van der Waals surface area contributed by atoms with E-state index in [9.17, 15) is 19.5 Å². The monoisotopic (exact) mass is 410 g/mol. The Hall–Kier alpha value is -3.53. The number of Topliss-reactive ketones (excluding diaryl/α,β-unsaturated/α-hetero) is 1. The van der Waals surface area contributed by atoms with E-state index in [0.29, 0.717) is 55.8 Å². The lowest BCUT2D eigenvalue weighted by molar-refractivity contribution is -0.118. The number of ketones is 1. The molecule has 1 aliphatic rings. The van der Waals surface area contributed by atoms with Gasteiger partial charge in [-0.3, -0.25) is 9.59 Å². The van der Waals surface area contributed by atoms with Gasteiger partial charge in [0.25, 0.3) is 5.91 Å². The molecule has 1 aromatic carbocycles. The second-order valence-corrected chi connectivity index (χ2v) is 6.83. The van der Waals surface area contributed by atoms with Crippen molar-refractivity contribution in [2.24, 2.45) is 0 Å². The molecule has 2 N–H and O–H groups in total. The maximum atomic E-state index is 12.4. The number of anilines is 1. The molecule has 0 saturated heterocycles. The summed E-state index contributed by atoms with van der Waals surface area (Å²) in [4.78, 5) is 36.7. The van der Waals surface area contributed by atoms with Crippen molar-refractivity contribution in [1.29, 1.82) is 0 Å². The van der Waals surface area contributed by atoms with Gasteiger partial charge in [0.1, 0.15) is 5.75 Å². The van der Waals surface area contributed by atoms with E-state index in [-0.39, 0.29) is 18.3 Å². The Morgan fingerprint density at radius 2 is 2.10 bits per heavy atom. The van der Waals surface area contributed by atoms with Crippen LogP contribution in [0.25, 0.3) is 0 Å². The highest BCUT2D eigenvalue weighted by molar-refractivity contribution is 6.00. The lowest BCUT2D eigenvalue weighted by Crippen LogP contribution is -2.31. The lowest BCUT2D eigenvalue weighted by atomic mass is 10.0. The van der Waals surface area contributed by atoms with Gasteiger partial charge in [-0.25, -0.2) is 4.79 Å². The fourth-order valence-electron chi connectivity index (χ4n) is 3.08. The Morgan fingerprint density at radius 3 is 2.80 bits per heavy atom. The van der Waals surface area contributed by atoms with Crippen molar-refractivity contribution in [2.75, 3.05) is 25.0 Å². The van der Waals surface area contributed by atoms with Crippen LogP contribution in [-0.4, -0.2) is 47.5 Å². The number of hydrogen-bond donors (Lipinski definition) is 2. The molecule has 0 unspecified atom stereocenters. The first-order chi connectivity index (χ1) is 14.4. The number of fused-ring (bicyclic) bond motifs is 1. The molecule has 0 aromatic heterocycles. The summed E-state index contributed by atoms with van der Waals surface area (Å²) in [6.45, 7) is 2.52. The maximum absolute atomic E-state index is 12.4. The van der Waals surface area contributed by atoms with Crippen molar-refractivity contribution < 1.29 is 24.2 Å². The molecule has 2 amide bonds. The Balaban J connectivity index is 1.82. The van der Waals surface area contributed by atoms with Crippen LogP contribution in [0, 0.1) is 12.3 Å². The van der Waals surface area contributed by atoms with Crippen molar-refractivity contribution in [3.63, 3.8) is 0 Å². The fraction of sp³-hybridized carbons (Fsp3) is 0.348. The zero-order valence-electron chi connectivity index (χ0n) is 17.0. The minimum absolute atomic E-state index is 0.0326. The summed E-state index contributed by atoms with van der Waals surface area (Å²) in [5.74, 6) is 2.68. The maximum Gasteiger partial charge on any atom is 0.407 e. The molecule has 0 spiro atoms. The van der Waals surface area contributed by atoms with Crippen LogP contribution < -0.4 is 10.1 Å². The third-order valence-corrected chi connectivity index (χ3v) is 4.61. The Morgan fingerprint density at radius 1 is 1.30 bits per heavy atom. The van der Waals surface area contributed by atoms with E-state index in [1.807, 2.05) is 19.1 Å². The molecule has 158 valence electrons. The van der Waals surface area contributed by atoms with E-state index in [1.54, 1.807) is 24.3 Å². The van der Waals surface area contributed by atoms with Gasteiger partial charge in [-0.2, -0.15) is 0 Å². The summed E-state index contributed by atoms with van der Waals surface area (Å²) in [7, 11) is 0. The average molecular weight is 410 g/mol. The fourth-order valence-corrected chi connectivity index (χ4v) is 3.08. The van der Waals surface area contributed by atoms with Gasteiger partial charge in [-0.05, 0) is 56.0 Å². The second-order valence-electron chi connectivity index (χ2n) is 6.83. The van der Waals surface area contributed by atoms with Gasteiger partial charge in [-0.15, -0.1) is 6.42 Å². The van der Waals surface area contributed by atoms with Crippen molar-refractivity contribution in [3.8, 4) is 18.1 Å². The highest BCUT2D eigenvalue weighted by Gasteiger charge is 2.18. The first-order valence-electron chi connectivity index (χ1n) is 9.80. The molecular formula is C23H26N2O5. The van der Waals surface area contributed by atoms with E-state index in [1.165, 1.54) is 4.90 Å². The molecule has 0 bridgehead atoms. The van der Waals surface area contributed by atoms with Crippen LogP contribution in [0.15, 0.2) is 42.0 Å². The number of terminal acetylenes is 1. The van der Waals surface area contributed by atoms with Crippen molar-refractivity contribution in [1.82, 2.24) is 4.90 Å². The molecule has 0 radical (unpaired) electrons. The van der Waals surface area contributed by atoms with E-state index >= 15 is 0 Å². The minimum atomic E-state index is -0.993. The predicted molar refractivity (Wildman–Crippen MR) is 115 cm³/mol. The topological polar surface area (TPSA) is 95.9 Å². The molecule has 0 saturated carbocycles. The molecule has 1 aromatic rings. The van der Waals surface area contributed by atoms with Gasteiger partial charge in [-0.1, -0.05) is 18.1 Å². The minimum Gasteiger partial charge on any atom is -0.482 e. The molecule has 30 heavy (non-hydrogen) atoms. The third-order valence-electron chi connectivity index (χ3n) is 4.61. The van der Waals surface area contributed by atoms with Crippen LogP contribution >= 0.6 is 0 Å². The number of allylic oxidation sites excluding steroid dienone is 3. The number of nitrogens with one attached hydrogen (secondary N) is 1. The van der Waals surface area contributed by atoms with Gasteiger partial charge in [0.15, 0.2) is 12.4 Å². The van der Waals surface area contributed by atoms with Crippen molar-refractivity contribution in [3.05, 3.63) is 47.6 Å². The zero-order chi connectivity index (χ0) is 21.9. The third kappa shape index (κ3) is 6.82. The number of carbonyl (C=O) groups excluding carboxylic acids is 2. The average Bonchev–Trinajstić information content (AvgIpc) is 2.72. The molecule has 1 aliphatic heterocycles. The normalized spacial score (nSPS) is 13.2. The summed E-state index contributed by atoms with van der Waals surface area (Å²) < 4.78 is 5.28. The van der Waals surface area contributed by atoms with Crippen molar-refractivity contribution >= 4 is 23.5 Å². The number of amides is 2. The quantitative estimate of drug-likeness (QED) is 0.264. The van der Waals surface area contributed by atoms with Gasteiger partial charge in [0.2, 0.25) is 0 Å². The molecular weight excluding hydrogens is 384 g/mol. The number of nitrogens with zero attached hydrogens (tertiary/aromatic N) is 1. The Bertz CT molecular complexity index is 895. The number of hydrogen-bond acceptors (Lipinski definition) is 4. The smallest absolute Gasteiger partial charge is 0.407 e. The van der Waals surface area contributed by atoms with E-state index in [0.717, 1.165) is 5.57 Å². The number of carboxylic acid groups (broad SMARTS) is 1. The summed E-state index contributed by atoms with van der Waals surface area (Å²) in [6.07, 6.45) is 11.6. The summed E-state index contributed by atoms with van der Waals surface area (Å²) in [5, 5.41) is 12.1. The van der Waals surface area contributed by atoms with Crippen LogP contribution in [0.3, 0.4) is 0 Å². The van der Waals surface area contributed by atoms with Gasteiger partial charge in [0.05, 0.1) is 5.69 Å². The highest BCUT2D eigenvalue weighted by atomic mass is 16.5. The highest BCUT2D eigenvalue weighted by Crippen LogP contribution is 2.29. The van der Waals surface area contributed by atoms with Crippen LogP contribution in [0.2, 0.25) is 0 Å². The number of carbonyl (C=O) groups is 3. The predicted octanol–water partition coefficient (Wildman–Crippen LogP) is 3.88. The summed E-state index contributed by atoms with van der Waals surface area (Å²) >= 11 is 0. The molecule has 0 atom stereocenters. The standard InChI is InChI=1S/C23H26N2O5/c1-3-7-17(8-4-2)12-14-25(23(28)29)13-6-5-9-20(26)18-10-11-21-19(15-18)24-22(27)16-30-21/h1,4,7-8,10-11,15H,5-6,9,12-14,16H2,2H3,(H,24,27)(H,28,29)/b8-4-,17-7+. The first-order valence-corrected chi connectivity index (χ1v) is 9.80. The molecule has 7 nitrogen and oxygen atoms in total. The second kappa shape index (κ2) is 11.5. The summed E-state index contributed by atoms with van der Waals surface area (Å²) in [6, 6.07) is 4.95. The van der Waals surface area contributed by atoms with Crippen LogP contribution in [-0.2, 0) is 4.79 Å². The van der Waals surface area contributed by atoms with E-state index in [4.69, 9.17) is 11.2 Å². The lowest BCUT2D eigenvalue weighted by Gasteiger charge is -2.19. The number of ether oxygens (including phenoxy) is 1. The number of rotatable bonds is 10. The van der Waals surface area contributed by atoms with Crippen LogP contribution in [0.1, 0.15) is 43.0 Å². The first kappa shape index (κ1) is 22.8. The molecule has 0 aliphatic carbocycles. The number of benzene rings is 1. The van der Waals surface area contributed by atoms with Gasteiger partial charge < -0.3 is 20.1 Å². The van der Waals surface area contributed by atoms with Gasteiger partial charge in [0, 0.05) is 25.1 Å². The van der Waals surface area contributed by atoms with Crippen LogP contribution in [0.4, 0.5) is 10.5 Å². The molecule has 1 heterocycles. The largest absolute Gasteiger partial charge is 0.482 e.